The molecule has 0 aliphatic heterocycles. The van der Waals surface area contributed by atoms with Gasteiger partial charge in [-0.2, -0.15) is 0 Å². The van der Waals surface area contributed by atoms with Crippen LogP contribution in [0.3, 0.4) is 0 Å². The minimum absolute atomic E-state index is 0.869. The number of aromatic nitrogens is 1. The summed E-state index contributed by atoms with van der Waals surface area (Å²) < 4.78 is 1.97. The largest absolute Gasteiger partial charge is 0.478 e. The molecule has 0 saturated carbocycles. The van der Waals surface area contributed by atoms with E-state index in [1.165, 1.54) is 0 Å². The van der Waals surface area contributed by atoms with Gasteiger partial charge in [-0.25, -0.2) is 4.79 Å². The number of carboxylic acid groups (broad SMARTS) is 1. The van der Waals surface area contributed by atoms with Crippen molar-refractivity contribution in [3.8, 4) is 5.69 Å². The van der Waals surface area contributed by atoms with Gasteiger partial charge in [0.2, 0.25) is 0 Å². The maximum Gasteiger partial charge on any atom is 0.328 e. The first kappa shape index (κ1) is 10.2. The molecule has 0 aliphatic carbocycles. The molecule has 0 radical (unpaired) electrons. The first-order valence-corrected chi connectivity index (χ1v) is 4.90. The fraction of sp³-hybridized carbons (Fsp3) is 0. The molecule has 0 bridgehead atoms. The molecule has 0 atom stereocenters. The smallest absolute Gasteiger partial charge is 0.328 e. The summed E-state index contributed by atoms with van der Waals surface area (Å²) in [6, 6.07) is 11.6. The molecule has 0 amide bonds. The molecule has 2 rings (SSSR count). The maximum absolute atomic E-state index is 10.4. The van der Waals surface area contributed by atoms with Crippen LogP contribution < -0.4 is 0 Å². The maximum atomic E-state index is 10.4. The minimum Gasteiger partial charge on any atom is -0.478 e. The molecule has 0 aliphatic rings. The van der Waals surface area contributed by atoms with Crippen LogP contribution in [0.5, 0.6) is 0 Å². The fourth-order valence-corrected chi connectivity index (χ4v) is 1.46. The average Bonchev–Trinajstić information content (AvgIpc) is 2.80. The monoisotopic (exact) mass is 213 g/mol. The highest BCUT2D eigenvalue weighted by molar-refractivity contribution is 5.85. The fourth-order valence-electron chi connectivity index (χ4n) is 1.46. The molecule has 1 aromatic heterocycles. The molecule has 80 valence electrons. The lowest BCUT2D eigenvalue weighted by Gasteiger charge is -2.03. The highest BCUT2D eigenvalue weighted by Gasteiger charge is 1.95. The van der Waals surface area contributed by atoms with Crippen molar-refractivity contribution in [2.24, 2.45) is 0 Å². The molecule has 0 unspecified atom stereocenters. The Hall–Kier alpha value is -2.29. The first-order valence-electron chi connectivity index (χ1n) is 4.90. The summed E-state index contributed by atoms with van der Waals surface area (Å²) >= 11 is 0. The number of hydrogen-bond donors (Lipinski definition) is 1. The van der Waals surface area contributed by atoms with Crippen LogP contribution in [0.4, 0.5) is 0 Å². The zero-order chi connectivity index (χ0) is 11.4. The van der Waals surface area contributed by atoms with Gasteiger partial charge in [0.05, 0.1) is 0 Å². The third kappa shape index (κ3) is 2.39. The third-order valence-electron chi connectivity index (χ3n) is 2.19. The van der Waals surface area contributed by atoms with E-state index >= 15 is 0 Å². The van der Waals surface area contributed by atoms with E-state index in [1.807, 2.05) is 53.4 Å². The highest BCUT2D eigenvalue weighted by atomic mass is 16.4. The zero-order valence-electron chi connectivity index (χ0n) is 8.58. The van der Waals surface area contributed by atoms with Gasteiger partial charge < -0.3 is 9.67 Å². The van der Waals surface area contributed by atoms with Crippen molar-refractivity contribution in [2.45, 2.75) is 0 Å². The Morgan fingerprint density at radius 2 is 1.94 bits per heavy atom. The number of carbonyl (C=O) groups is 1. The third-order valence-corrected chi connectivity index (χ3v) is 2.19. The van der Waals surface area contributed by atoms with Gasteiger partial charge in [-0.1, -0.05) is 12.1 Å². The molecule has 1 N–H and O–H groups in total. The molecule has 16 heavy (non-hydrogen) atoms. The Labute approximate surface area is 93.3 Å². The Morgan fingerprint density at radius 3 is 2.62 bits per heavy atom. The average molecular weight is 213 g/mol. The van der Waals surface area contributed by atoms with Crippen LogP contribution in [0.2, 0.25) is 0 Å². The Bertz CT molecular complexity index is 512. The lowest BCUT2D eigenvalue weighted by atomic mass is 10.2. The van der Waals surface area contributed by atoms with Gasteiger partial charge >= 0.3 is 5.97 Å². The van der Waals surface area contributed by atoms with Crippen LogP contribution in [-0.4, -0.2) is 15.6 Å². The second-order valence-corrected chi connectivity index (χ2v) is 3.36. The molecule has 0 saturated heterocycles. The number of carboxylic acids is 1. The zero-order valence-corrected chi connectivity index (χ0v) is 8.58. The molecule has 1 aromatic carbocycles. The van der Waals surface area contributed by atoms with Crippen LogP contribution >= 0.6 is 0 Å². The van der Waals surface area contributed by atoms with Crippen molar-refractivity contribution in [3.05, 3.63) is 60.4 Å². The second kappa shape index (κ2) is 4.49. The number of hydrogen-bond acceptors (Lipinski definition) is 1. The number of rotatable bonds is 3. The van der Waals surface area contributed by atoms with E-state index in [-0.39, 0.29) is 0 Å². The topological polar surface area (TPSA) is 42.2 Å². The summed E-state index contributed by atoms with van der Waals surface area (Å²) in [6.07, 6.45) is 6.60. The van der Waals surface area contributed by atoms with Gasteiger partial charge in [-0.3, -0.25) is 0 Å². The van der Waals surface area contributed by atoms with Crippen LogP contribution in [0.1, 0.15) is 5.56 Å². The molecule has 0 fully saturated rings. The van der Waals surface area contributed by atoms with Gasteiger partial charge in [0.15, 0.2) is 0 Å². The van der Waals surface area contributed by atoms with E-state index < -0.39 is 5.97 Å². The minimum atomic E-state index is -0.939. The van der Waals surface area contributed by atoms with E-state index in [1.54, 1.807) is 6.08 Å². The van der Waals surface area contributed by atoms with Crippen molar-refractivity contribution < 1.29 is 9.90 Å². The van der Waals surface area contributed by atoms with Crippen molar-refractivity contribution in [3.63, 3.8) is 0 Å². The van der Waals surface area contributed by atoms with Gasteiger partial charge in [0.25, 0.3) is 0 Å². The van der Waals surface area contributed by atoms with E-state index in [0.717, 1.165) is 17.3 Å². The van der Waals surface area contributed by atoms with Crippen molar-refractivity contribution >= 4 is 12.0 Å². The molecule has 3 heteroatoms. The van der Waals surface area contributed by atoms with Gasteiger partial charge in [0, 0.05) is 24.2 Å². The molecule has 2 aromatic rings. The summed E-state index contributed by atoms with van der Waals surface area (Å²) in [6.45, 7) is 0. The van der Waals surface area contributed by atoms with Gasteiger partial charge in [0.1, 0.15) is 0 Å². The lowest BCUT2D eigenvalue weighted by Crippen LogP contribution is -1.90. The normalized spacial score (nSPS) is 10.8. The summed E-state index contributed by atoms with van der Waals surface area (Å²) in [5.74, 6) is -0.939. The van der Waals surface area contributed by atoms with Crippen molar-refractivity contribution in [1.82, 2.24) is 4.57 Å². The Balaban J connectivity index is 2.30. The number of nitrogens with zero attached hydrogens (tertiary/aromatic N) is 1. The van der Waals surface area contributed by atoms with E-state index in [4.69, 9.17) is 5.11 Å². The molecular weight excluding hydrogens is 202 g/mol. The van der Waals surface area contributed by atoms with Crippen LogP contribution in [0, 0.1) is 0 Å². The predicted octanol–water partition coefficient (Wildman–Crippen LogP) is 2.58. The predicted molar refractivity (Wildman–Crippen MR) is 62.4 cm³/mol. The highest BCUT2D eigenvalue weighted by Crippen LogP contribution is 2.11. The van der Waals surface area contributed by atoms with Crippen LogP contribution in [-0.2, 0) is 4.79 Å². The SMILES string of the molecule is O=C(O)/C=C/c1cccc(-n2cccc2)c1. The Kier molecular flexibility index (Phi) is 2.87. The summed E-state index contributed by atoms with van der Waals surface area (Å²) in [4.78, 5) is 10.4. The van der Waals surface area contributed by atoms with Crippen LogP contribution in [0.25, 0.3) is 11.8 Å². The summed E-state index contributed by atoms with van der Waals surface area (Å²) in [7, 11) is 0. The quantitative estimate of drug-likeness (QED) is 0.796. The van der Waals surface area contributed by atoms with E-state index in [2.05, 4.69) is 0 Å². The summed E-state index contributed by atoms with van der Waals surface area (Å²) in [5.41, 5.74) is 1.88. The van der Waals surface area contributed by atoms with E-state index in [9.17, 15) is 4.79 Å². The van der Waals surface area contributed by atoms with Crippen molar-refractivity contribution in [2.75, 3.05) is 0 Å². The Morgan fingerprint density at radius 1 is 1.19 bits per heavy atom. The first-order chi connectivity index (χ1) is 7.75. The molecule has 1 heterocycles. The summed E-state index contributed by atoms with van der Waals surface area (Å²) in [5, 5.41) is 8.54. The second-order valence-electron chi connectivity index (χ2n) is 3.36. The van der Waals surface area contributed by atoms with Gasteiger partial charge in [-0.15, -0.1) is 0 Å². The number of aliphatic carboxylic acids is 1. The number of benzene rings is 1. The lowest BCUT2D eigenvalue weighted by molar-refractivity contribution is -0.131. The molecule has 0 spiro atoms. The molecule has 3 nitrogen and oxygen atoms in total. The van der Waals surface area contributed by atoms with Crippen molar-refractivity contribution in [1.29, 1.82) is 0 Å². The van der Waals surface area contributed by atoms with Crippen LogP contribution in [0.15, 0.2) is 54.9 Å². The van der Waals surface area contributed by atoms with Gasteiger partial charge in [-0.05, 0) is 35.9 Å². The standard InChI is InChI=1S/C13H11NO2/c15-13(16)7-6-11-4-3-5-12(10-11)14-8-1-2-9-14/h1-10H,(H,15,16)/b7-6+. The van der Waals surface area contributed by atoms with E-state index in [0.29, 0.717) is 0 Å². The molecular formula is C13H11NO2.